The Morgan fingerprint density at radius 1 is 0.800 bits per heavy atom. The molecule has 0 saturated carbocycles. The summed E-state index contributed by atoms with van der Waals surface area (Å²) >= 11 is 5.11. The Morgan fingerprint density at radius 2 is 1.46 bits per heavy atom. The summed E-state index contributed by atoms with van der Waals surface area (Å²) in [6, 6.07) is 35.3. The summed E-state index contributed by atoms with van der Waals surface area (Å²) in [6.07, 6.45) is 0. The first-order chi connectivity index (χ1) is 17.2. The summed E-state index contributed by atoms with van der Waals surface area (Å²) in [5.41, 5.74) is 4.49. The third-order valence-electron chi connectivity index (χ3n) is 5.37. The SMILES string of the molecule is O=C(Nc1ccccc1)c1ccc(CSc2nnc(-c3ccc(Br)cc3)n2-c2ccccc2)cc1. The maximum absolute atomic E-state index is 12.5. The lowest BCUT2D eigenvalue weighted by Gasteiger charge is -2.11. The fourth-order valence-electron chi connectivity index (χ4n) is 3.58. The van der Waals surface area contributed by atoms with Crippen molar-refractivity contribution >= 4 is 39.3 Å². The van der Waals surface area contributed by atoms with E-state index in [-0.39, 0.29) is 5.91 Å². The second-order valence-electron chi connectivity index (χ2n) is 7.79. The first-order valence-corrected chi connectivity index (χ1v) is 12.8. The average molecular weight is 541 g/mol. The van der Waals surface area contributed by atoms with Crippen LogP contribution in [0.4, 0.5) is 5.69 Å². The van der Waals surface area contributed by atoms with Gasteiger partial charge in [-0.05, 0) is 54.1 Å². The largest absolute Gasteiger partial charge is 0.322 e. The topological polar surface area (TPSA) is 59.8 Å². The van der Waals surface area contributed by atoms with Gasteiger partial charge in [0.05, 0.1) is 0 Å². The van der Waals surface area contributed by atoms with E-state index in [1.165, 1.54) is 0 Å². The number of carbonyl (C=O) groups is 1. The van der Waals surface area contributed by atoms with Crippen molar-refractivity contribution < 1.29 is 4.79 Å². The molecule has 5 rings (SSSR count). The lowest BCUT2D eigenvalue weighted by atomic mass is 10.1. The van der Waals surface area contributed by atoms with Crippen molar-refractivity contribution in [3.05, 3.63) is 125 Å². The second-order valence-corrected chi connectivity index (χ2v) is 9.65. The van der Waals surface area contributed by atoms with Crippen LogP contribution in [0, 0.1) is 0 Å². The summed E-state index contributed by atoms with van der Waals surface area (Å²) in [5.74, 6) is 1.36. The molecule has 0 bridgehead atoms. The van der Waals surface area contributed by atoms with Gasteiger partial charge in [0, 0.05) is 32.7 Å². The molecule has 1 N–H and O–H groups in total. The van der Waals surface area contributed by atoms with Gasteiger partial charge in [0.25, 0.3) is 5.91 Å². The van der Waals surface area contributed by atoms with Gasteiger partial charge < -0.3 is 5.32 Å². The van der Waals surface area contributed by atoms with E-state index in [1.807, 2.05) is 97.1 Å². The van der Waals surface area contributed by atoms with Crippen molar-refractivity contribution in [3.63, 3.8) is 0 Å². The Balaban J connectivity index is 1.34. The Labute approximate surface area is 216 Å². The molecule has 172 valence electrons. The molecule has 1 heterocycles. The van der Waals surface area contributed by atoms with Gasteiger partial charge in [-0.2, -0.15) is 0 Å². The molecule has 0 fully saturated rings. The smallest absolute Gasteiger partial charge is 0.255 e. The van der Waals surface area contributed by atoms with E-state index in [9.17, 15) is 4.79 Å². The van der Waals surface area contributed by atoms with Crippen molar-refractivity contribution in [2.45, 2.75) is 10.9 Å². The number of aromatic nitrogens is 3. The van der Waals surface area contributed by atoms with Crippen LogP contribution in [0.3, 0.4) is 0 Å². The summed E-state index contributed by atoms with van der Waals surface area (Å²) in [4.78, 5) is 12.5. The van der Waals surface area contributed by atoms with Crippen molar-refractivity contribution in [1.29, 1.82) is 0 Å². The van der Waals surface area contributed by atoms with E-state index in [1.54, 1.807) is 11.8 Å². The zero-order valence-electron chi connectivity index (χ0n) is 18.6. The van der Waals surface area contributed by atoms with Crippen LogP contribution in [0.5, 0.6) is 0 Å². The minimum Gasteiger partial charge on any atom is -0.322 e. The van der Waals surface area contributed by atoms with Crippen LogP contribution in [0.1, 0.15) is 15.9 Å². The molecule has 0 atom stereocenters. The molecule has 35 heavy (non-hydrogen) atoms. The molecule has 5 nitrogen and oxygen atoms in total. The van der Waals surface area contributed by atoms with Gasteiger partial charge in [0.1, 0.15) is 0 Å². The van der Waals surface area contributed by atoms with Crippen LogP contribution in [-0.4, -0.2) is 20.7 Å². The van der Waals surface area contributed by atoms with Crippen LogP contribution in [0.2, 0.25) is 0 Å². The van der Waals surface area contributed by atoms with Crippen molar-refractivity contribution in [3.8, 4) is 17.1 Å². The zero-order chi connectivity index (χ0) is 24.0. The van der Waals surface area contributed by atoms with Crippen LogP contribution in [0.15, 0.2) is 119 Å². The number of halogens is 1. The quantitative estimate of drug-likeness (QED) is 0.221. The highest BCUT2D eigenvalue weighted by Gasteiger charge is 2.16. The average Bonchev–Trinajstić information content (AvgIpc) is 3.33. The summed E-state index contributed by atoms with van der Waals surface area (Å²) in [5, 5.41) is 12.7. The molecule has 1 aromatic heterocycles. The number of thioether (sulfide) groups is 1. The van der Waals surface area contributed by atoms with Gasteiger partial charge in [-0.3, -0.25) is 9.36 Å². The van der Waals surface area contributed by atoms with Crippen molar-refractivity contribution in [2.24, 2.45) is 0 Å². The molecule has 1 amide bonds. The number of para-hydroxylation sites is 2. The van der Waals surface area contributed by atoms with Gasteiger partial charge >= 0.3 is 0 Å². The number of rotatable bonds is 7. The molecule has 0 aliphatic rings. The number of carbonyl (C=O) groups excluding carboxylic acids is 1. The van der Waals surface area contributed by atoms with Crippen molar-refractivity contribution in [1.82, 2.24) is 14.8 Å². The lowest BCUT2D eigenvalue weighted by Crippen LogP contribution is -2.11. The molecule has 0 unspecified atom stereocenters. The maximum Gasteiger partial charge on any atom is 0.255 e. The molecule has 0 radical (unpaired) electrons. The van der Waals surface area contributed by atoms with E-state index in [0.29, 0.717) is 11.3 Å². The fraction of sp³-hybridized carbons (Fsp3) is 0.0357. The van der Waals surface area contributed by atoms with Crippen molar-refractivity contribution in [2.75, 3.05) is 5.32 Å². The number of nitrogens with one attached hydrogen (secondary N) is 1. The predicted octanol–water partition coefficient (Wildman–Crippen LogP) is 7.24. The van der Waals surface area contributed by atoms with Gasteiger partial charge in [-0.25, -0.2) is 0 Å². The number of anilines is 1. The highest BCUT2D eigenvalue weighted by molar-refractivity contribution is 9.10. The number of benzene rings is 4. The maximum atomic E-state index is 12.5. The van der Waals surface area contributed by atoms with Gasteiger partial charge in [0.15, 0.2) is 11.0 Å². The molecule has 4 aromatic carbocycles. The van der Waals surface area contributed by atoms with E-state index in [2.05, 4.69) is 48.1 Å². The van der Waals surface area contributed by atoms with Gasteiger partial charge in [0.2, 0.25) is 0 Å². The number of amides is 1. The first-order valence-electron chi connectivity index (χ1n) is 11.0. The standard InChI is InChI=1S/C28H21BrN4OS/c29-23-17-15-21(16-18-23)26-31-32-28(33(26)25-9-5-2-6-10-25)35-19-20-11-13-22(14-12-20)27(34)30-24-7-3-1-4-8-24/h1-18H,19H2,(H,30,34). The Hall–Kier alpha value is -3.68. The molecule has 7 heteroatoms. The Kier molecular flexibility index (Phi) is 7.07. The molecule has 0 saturated heterocycles. The molecule has 0 aliphatic heterocycles. The van der Waals surface area contributed by atoms with E-state index in [4.69, 9.17) is 0 Å². The highest BCUT2D eigenvalue weighted by Crippen LogP contribution is 2.30. The summed E-state index contributed by atoms with van der Waals surface area (Å²) < 4.78 is 3.10. The molecule has 5 aromatic rings. The fourth-order valence-corrected chi connectivity index (χ4v) is 4.76. The predicted molar refractivity (Wildman–Crippen MR) is 145 cm³/mol. The minimum absolute atomic E-state index is 0.127. The highest BCUT2D eigenvalue weighted by atomic mass is 79.9. The summed E-state index contributed by atoms with van der Waals surface area (Å²) in [7, 11) is 0. The molecular formula is C28H21BrN4OS. The third kappa shape index (κ3) is 5.53. The van der Waals surface area contributed by atoms with E-state index < -0.39 is 0 Å². The van der Waals surface area contributed by atoms with E-state index >= 15 is 0 Å². The van der Waals surface area contributed by atoms with Crippen LogP contribution in [0.25, 0.3) is 17.1 Å². The third-order valence-corrected chi connectivity index (χ3v) is 6.89. The number of hydrogen-bond donors (Lipinski definition) is 1. The second kappa shape index (κ2) is 10.7. The monoisotopic (exact) mass is 540 g/mol. The number of nitrogens with zero attached hydrogens (tertiary/aromatic N) is 3. The Morgan fingerprint density at radius 3 is 2.14 bits per heavy atom. The lowest BCUT2D eigenvalue weighted by molar-refractivity contribution is 0.102. The summed E-state index contributed by atoms with van der Waals surface area (Å²) in [6.45, 7) is 0. The first kappa shape index (κ1) is 23.1. The van der Waals surface area contributed by atoms with Gasteiger partial charge in [-0.1, -0.05) is 88.4 Å². The Bertz CT molecular complexity index is 1420. The normalized spacial score (nSPS) is 10.8. The molecule has 0 spiro atoms. The van der Waals surface area contributed by atoms with Crippen LogP contribution in [-0.2, 0) is 5.75 Å². The molecule has 0 aliphatic carbocycles. The van der Waals surface area contributed by atoms with Crippen LogP contribution < -0.4 is 5.32 Å². The van der Waals surface area contributed by atoms with Crippen LogP contribution >= 0.6 is 27.7 Å². The zero-order valence-corrected chi connectivity index (χ0v) is 21.0. The van der Waals surface area contributed by atoms with Gasteiger partial charge in [-0.15, -0.1) is 10.2 Å². The van der Waals surface area contributed by atoms with E-state index in [0.717, 1.165) is 38.0 Å². The molecular weight excluding hydrogens is 520 g/mol. The minimum atomic E-state index is -0.127. The number of hydrogen-bond acceptors (Lipinski definition) is 4.